The van der Waals surface area contributed by atoms with E-state index < -0.39 is 5.60 Å². The molecule has 2 aromatic carbocycles. The SMILES string of the molecule is COc1cc(C(=O)N2CCC3(CC2)CC(=O)c2c(C)cc(C)cc2O3)cc(OC)c1OC. The first kappa shape index (κ1) is 22.0. The Kier molecular flexibility index (Phi) is 5.75. The monoisotopic (exact) mass is 439 g/mol. The number of carbonyl (C=O) groups excluding carboxylic acids is 2. The molecule has 0 N–H and O–H groups in total. The molecule has 0 aliphatic carbocycles. The number of amides is 1. The van der Waals surface area contributed by atoms with Crippen molar-refractivity contribution in [3.63, 3.8) is 0 Å². The van der Waals surface area contributed by atoms with E-state index in [1.807, 2.05) is 26.0 Å². The topological polar surface area (TPSA) is 74.3 Å². The second-order valence-corrected chi connectivity index (χ2v) is 8.55. The summed E-state index contributed by atoms with van der Waals surface area (Å²) in [6.07, 6.45) is 1.54. The molecule has 2 heterocycles. The van der Waals surface area contributed by atoms with E-state index in [0.29, 0.717) is 66.5 Å². The van der Waals surface area contributed by atoms with Gasteiger partial charge in [0.25, 0.3) is 5.91 Å². The maximum Gasteiger partial charge on any atom is 0.254 e. The lowest BCUT2D eigenvalue weighted by molar-refractivity contribution is -0.00582. The summed E-state index contributed by atoms with van der Waals surface area (Å²) in [7, 11) is 4.57. The Bertz CT molecular complexity index is 1040. The molecular formula is C25H29NO6. The first-order chi connectivity index (χ1) is 15.3. The molecule has 1 fully saturated rings. The summed E-state index contributed by atoms with van der Waals surface area (Å²) < 4.78 is 22.5. The lowest BCUT2D eigenvalue weighted by Crippen LogP contribution is -2.52. The molecule has 170 valence electrons. The highest BCUT2D eigenvalue weighted by Crippen LogP contribution is 2.42. The standard InChI is InChI=1S/C25H29NO6/c1-15-10-16(2)22-18(27)14-25(32-19(22)11-15)6-8-26(9-7-25)24(28)17-12-20(29-3)23(31-5)21(13-17)30-4/h10-13H,6-9,14H2,1-5H3. The molecule has 2 aromatic rings. The minimum absolute atomic E-state index is 0.117. The largest absolute Gasteiger partial charge is 0.493 e. The van der Waals surface area contributed by atoms with Crippen LogP contribution in [0.5, 0.6) is 23.0 Å². The smallest absolute Gasteiger partial charge is 0.254 e. The molecule has 7 nitrogen and oxygen atoms in total. The van der Waals surface area contributed by atoms with E-state index in [0.717, 1.165) is 11.1 Å². The number of ether oxygens (including phenoxy) is 4. The van der Waals surface area contributed by atoms with Gasteiger partial charge in [0.1, 0.15) is 11.4 Å². The van der Waals surface area contributed by atoms with Gasteiger partial charge >= 0.3 is 0 Å². The fraction of sp³-hybridized carbons (Fsp3) is 0.440. The highest BCUT2D eigenvalue weighted by atomic mass is 16.5. The molecule has 2 aliphatic heterocycles. The van der Waals surface area contributed by atoms with Gasteiger partial charge in [-0.3, -0.25) is 9.59 Å². The van der Waals surface area contributed by atoms with Gasteiger partial charge in [-0.05, 0) is 43.2 Å². The van der Waals surface area contributed by atoms with Crippen molar-refractivity contribution >= 4 is 11.7 Å². The number of nitrogens with zero attached hydrogens (tertiary/aromatic N) is 1. The second-order valence-electron chi connectivity index (χ2n) is 8.55. The van der Waals surface area contributed by atoms with Crippen LogP contribution in [0, 0.1) is 13.8 Å². The number of methoxy groups -OCH3 is 3. The van der Waals surface area contributed by atoms with Gasteiger partial charge < -0.3 is 23.8 Å². The minimum atomic E-state index is -0.559. The van der Waals surface area contributed by atoms with Crippen LogP contribution in [0.3, 0.4) is 0 Å². The van der Waals surface area contributed by atoms with E-state index in [1.165, 1.54) is 21.3 Å². The van der Waals surface area contributed by atoms with Gasteiger partial charge in [-0.2, -0.15) is 0 Å². The number of carbonyl (C=O) groups is 2. The van der Waals surface area contributed by atoms with Crippen molar-refractivity contribution in [3.8, 4) is 23.0 Å². The number of hydrogen-bond acceptors (Lipinski definition) is 6. The van der Waals surface area contributed by atoms with Crippen molar-refractivity contribution in [2.75, 3.05) is 34.4 Å². The molecule has 0 radical (unpaired) electrons. The molecule has 0 atom stereocenters. The fourth-order valence-electron chi connectivity index (χ4n) is 4.80. The van der Waals surface area contributed by atoms with Crippen LogP contribution in [-0.2, 0) is 0 Å². The first-order valence-electron chi connectivity index (χ1n) is 10.7. The number of Topliss-reactive ketones (excluding diaryl/α,β-unsaturated/α-hetero) is 1. The Hall–Kier alpha value is -3.22. The minimum Gasteiger partial charge on any atom is -0.493 e. The Morgan fingerprint density at radius 2 is 1.59 bits per heavy atom. The number of likely N-dealkylation sites (tertiary alicyclic amines) is 1. The number of piperidine rings is 1. The highest BCUT2D eigenvalue weighted by molar-refractivity contribution is 6.02. The van der Waals surface area contributed by atoms with Gasteiger partial charge in [-0.15, -0.1) is 0 Å². The lowest BCUT2D eigenvalue weighted by atomic mass is 9.81. The van der Waals surface area contributed by atoms with Gasteiger partial charge in [0.2, 0.25) is 5.75 Å². The van der Waals surface area contributed by atoms with Crippen molar-refractivity contribution < 1.29 is 28.5 Å². The third-order valence-electron chi connectivity index (χ3n) is 6.41. The Balaban J connectivity index is 1.53. The highest BCUT2D eigenvalue weighted by Gasteiger charge is 2.44. The molecule has 0 bridgehead atoms. The zero-order valence-corrected chi connectivity index (χ0v) is 19.2. The zero-order chi connectivity index (χ0) is 23.0. The van der Waals surface area contributed by atoms with Crippen molar-refractivity contribution in [2.24, 2.45) is 0 Å². The van der Waals surface area contributed by atoms with E-state index in [4.69, 9.17) is 18.9 Å². The van der Waals surface area contributed by atoms with Crippen molar-refractivity contribution in [1.82, 2.24) is 4.90 Å². The van der Waals surface area contributed by atoms with Crippen molar-refractivity contribution in [3.05, 3.63) is 46.5 Å². The van der Waals surface area contributed by atoms with Crippen LogP contribution in [0.1, 0.15) is 51.1 Å². The van der Waals surface area contributed by atoms with Crippen molar-refractivity contribution in [1.29, 1.82) is 0 Å². The molecular weight excluding hydrogens is 410 g/mol. The average Bonchev–Trinajstić information content (AvgIpc) is 2.77. The van der Waals surface area contributed by atoms with Gasteiger partial charge in [0.15, 0.2) is 17.3 Å². The van der Waals surface area contributed by atoms with Crippen LogP contribution in [0.15, 0.2) is 24.3 Å². The van der Waals surface area contributed by atoms with Crippen molar-refractivity contribution in [2.45, 2.75) is 38.7 Å². The number of fused-ring (bicyclic) bond motifs is 1. The molecule has 0 saturated carbocycles. The third-order valence-corrected chi connectivity index (χ3v) is 6.41. The molecule has 1 saturated heterocycles. The predicted octanol–water partition coefficient (Wildman–Crippen LogP) is 3.97. The van der Waals surface area contributed by atoms with Crippen LogP contribution in [0.4, 0.5) is 0 Å². The quantitative estimate of drug-likeness (QED) is 0.718. The first-order valence-corrected chi connectivity index (χ1v) is 10.7. The van der Waals surface area contributed by atoms with Crippen LogP contribution in [0.2, 0.25) is 0 Å². The van der Waals surface area contributed by atoms with Gasteiger partial charge in [0, 0.05) is 31.5 Å². The van der Waals surface area contributed by atoms with E-state index in [1.54, 1.807) is 17.0 Å². The second kappa shape index (κ2) is 8.37. The van der Waals surface area contributed by atoms with E-state index in [9.17, 15) is 9.59 Å². The summed E-state index contributed by atoms with van der Waals surface area (Å²) in [6.45, 7) is 4.95. The maximum atomic E-state index is 13.2. The number of rotatable bonds is 4. The Morgan fingerprint density at radius 1 is 0.969 bits per heavy atom. The van der Waals surface area contributed by atoms with Gasteiger partial charge in [0.05, 0.1) is 33.3 Å². The fourth-order valence-corrected chi connectivity index (χ4v) is 4.80. The normalized spacial score (nSPS) is 16.9. The van der Waals surface area contributed by atoms with Crippen LogP contribution in [0.25, 0.3) is 0 Å². The predicted molar refractivity (Wildman–Crippen MR) is 119 cm³/mol. The average molecular weight is 440 g/mol. The van der Waals surface area contributed by atoms with Gasteiger partial charge in [-0.25, -0.2) is 0 Å². The number of benzene rings is 2. The number of aryl methyl sites for hydroxylation is 2. The summed E-state index contributed by atoms with van der Waals surface area (Å²) in [5, 5.41) is 0. The molecule has 4 rings (SSSR count). The van der Waals surface area contributed by atoms with Crippen LogP contribution in [-0.4, -0.2) is 56.6 Å². The maximum absolute atomic E-state index is 13.2. The molecule has 0 aromatic heterocycles. The lowest BCUT2D eigenvalue weighted by Gasteiger charge is -2.44. The molecule has 7 heteroatoms. The Morgan fingerprint density at radius 3 is 2.16 bits per heavy atom. The third kappa shape index (κ3) is 3.76. The van der Waals surface area contributed by atoms with E-state index in [-0.39, 0.29) is 11.7 Å². The molecule has 32 heavy (non-hydrogen) atoms. The Labute approximate surface area is 188 Å². The van der Waals surface area contributed by atoms with Gasteiger partial charge in [-0.1, -0.05) is 6.07 Å². The molecule has 1 amide bonds. The number of ketones is 1. The molecule has 2 aliphatic rings. The summed E-state index contributed by atoms with van der Waals surface area (Å²) >= 11 is 0. The molecule has 0 unspecified atom stereocenters. The number of hydrogen-bond donors (Lipinski definition) is 0. The van der Waals surface area contributed by atoms with Crippen LogP contribution >= 0.6 is 0 Å². The van der Waals surface area contributed by atoms with E-state index >= 15 is 0 Å². The summed E-state index contributed by atoms with van der Waals surface area (Å²) in [5.74, 6) is 1.99. The van der Waals surface area contributed by atoms with Crippen LogP contribution < -0.4 is 18.9 Å². The summed E-state index contributed by atoms with van der Waals surface area (Å²) in [6, 6.07) is 7.28. The molecule has 1 spiro atoms. The summed E-state index contributed by atoms with van der Waals surface area (Å²) in [4.78, 5) is 27.9. The summed E-state index contributed by atoms with van der Waals surface area (Å²) in [5.41, 5.74) is 2.62. The van der Waals surface area contributed by atoms with E-state index in [2.05, 4.69) is 0 Å². The zero-order valence-electron chi connectivity index (χ0n) is 19.2.